The summed E-state index contributed by atoms with van der Waals surface area (Å²) in [5.74, 6) is -0.356. The van der Waals surface area contributed by atoms with Crippen LogP contribution in [-0.4, -0.2) is 20.6 Å². The van der Waals surface area contributed by atoms with E-state index in [1.54, 1.807) is 47.9 Å². The summed E-state index contributed by atoms with van der Waals surface area (Å²) in [6.45, 7) is 0. The molecule has 1 amide bonds. The number of aromatic nitrogens is 2. The number of nitro groups is 1. The number of amides is 1. The van der Waals surface area contributed by atoms with Gasteiger partial charge < -0.3 is 5.32 Å². The molecule has 0 aliphatic carbocycles. The van der Waals surface area contributed by atoms with E-state index in [0.717, 1.165) is 11.1 Å². The van der Waals surface area contributed by atoms with E-state index in [1.807, 2.05) is 29.0 Å². The Morgan fingerprint density at radius 2 is 1.93 bits per heavy atom. The molecule has 2 aromatic carbocycles. The standard InChI is InChI=1S/C21H15ClN4O3S/c22-16-6-4-14(5-7-16)20(15-9-11-30-13-15)23-21(27)19-8-10-25(24-19)17-2-1-3-18(12-17)26(28)29/h1-13,20H,(H,23,27). The zero-order chi connectivity index (χ0) is 21.1. The van der Waals surface area contributed by atoms with Crippen LogP contribution in [0.1, 0.15) is 27.7 Å². The molecule has 0 saturated carbocycles. The van der Waals surface area contributed by atoms with Gasteiger partial charge in [0.2, 0.25) is 0 Å². The summed E-state index contributed by atoms with van der Waals surface area (Å²) in [6.07, 6.45) is 1.59. The maximum absolute atomic E-state index is 12.9. The summed E-state index contributed by atoms with van der Waals surface area (Å²) in [5.41, 5.74) is 2.50. The highest BCUT2D eigenvalue weighted by molar-refractivity contribution is 7.08. The summed E-state index contributed by atoms with van der Waals surface area (Å²) in [5, 5.41) is 22.8. The highest BCUT2D eigenvalue weighted by Gasteiger charge is 2.20. The molecular formula is C21H15ClN4O3S. The predicted molar refractivity (Wildman–Crippen MR) is 115 cm³/mol. The number of benzene rings is 2. The van der Waals surface area contributed by atoms with Crippen LogP contribution in [0, 0.1) is 10.1 Å². The maximum Gasteiger partial charge on any atom is 0.272 e. The molecule has 150 valence electrons. The van der Waals surface area contributed by atoms with E-state index in [0.29, 0.717) is 10.7 Å². The van der Waals surface area contributed by atoms with Crippen molar-refractivity contribution in [3.8, 4) is 5.69 Å². The third-order valence-corrected chi connectivity index (χ3v) is 5.44. The van der Waals surface area contributed by atoms with Gasteiger partial charge in [-0.25, -0.2) is 4.68 Å². The molecule has 0 spiro atoms. The van der Waals surface area contributed by atoms with Crippen molar-refractivity contribution in [3.05, 3.63) is 110 Å². The normalized spacial score (nSPS) is 11.8. The number of nitro benzene ring substituents is 1. The second-order valence-electron chi connectivity index (χ2n) is 6.44. The summed E-state index contributed by atoms with van der Waals surface area (Å²) >= 11 is 7.54. The number of rotatable bonds is 6. The van der Waals surface area contributed by atoms with Gasteiger partial charge in [0, 0.05) is 23.4 Å². The lowest BCUT2D eigenvalue weighted by atomic mass is 10.0. The Balaban J connectivity index is 1.59. The van der Waals surface area contributed by atoms with Crippen LogP contribution >= 0.6 is 22.9 Å². The van der Waals surface area contributed by atoms with Crippen molar-refractivity contribution in [1.82, 2.24) is 15.1 Å². The Hall–Kier alpha value is -3.49. The average molecular weight is 439 g/mol. The SMILES string of the molecule is O=C(NC(c1ccc(Cl)cc1)c1ccsc1)c1ccn(-c2cccc([N+](=O)[O-])c2)n1. The first-order chi connectivity index (χ1) is 14.5. The zero-order valence-corrected chi connectivity index (χ0v) is 17.0. The minimum atomic E-state index is -0.474. The molecule has 1 N–H and O–H groups in total. The molecule has 1 atom stereocenters. The molecule has 1 unspecified atom stereocenters. The lowest BCUT2D eigenvalue weighted by molar-refractivity contribution is -0.384. The number of non-ortho nitro benzene ring substituents is 1. The average Bonchev–Trinajstić information content (AvgIpc) is 3.45. The molecule has 30 heavy (non-hydrogen) atoms. The number of halogens is 1. The van der Waals surface area contributed by atoms with Crippen LogP contribution in [0.25, 0.3) is 5.69 Å². The van der Waals surface area contributed by atoms with E-state index in [4.69, 9.17) is 11.6 Å². The van der Waals surface area contributed by atoms with Crippen LogP contribution < -0.4 is 5.32 Å². The zero-order valence-electron chi connectivity index (χ0n) is 15.4. The Morgan fingerprint density at radius 1 is 1.13 bits per heavy atom. The topological polar surface area (TPSA) is 90.1 Å². The van der Waals surface area contributed by atoms with Gasteiger partial charge in [-0.2, -0.15) is 16.4 Å². The van der Waals surface area contributed by atoms with Gasteiger partial charge in [-0.15, -0.1) is 0 Å². The van der Waals surface area contributed by atoms with Crippen molar-refractivity contribution in [2.24, 2.45) is 0 Å². The largest absolute Gasteiger partial charge is 0.340 e. The molecule has 4 aromatic rings. The molecular weight excluding hydrogens is 424 g/mol. The van der Waals surface area contributed by atoms with E-state index in [1.165, 1.54) is 16.8 Å². The van der Waals surface area contributed by atoms with Gasteiger partial charge in [0.05, 0.1) is 16.7 Å². The molecule has 0 bridgehead atoms. The van der Waals surface area contributed by atoms with Crippen molar-refractivity contribution < 1.29 is 9.72 Å². The van der Waals surface area contributed by atoms with Crippen LogP contribution in [-0.2, 0) is 0 Å². The Labute approximate surface area is 180 Å². The number of hydrogen-bond donors (Lipinski definition) is 1. The molecule has 2 aromatic heterocycles. The van der Waals surface area contributed by atoms with Crippen molar-refractivity contribution in [2.75, 3.05) is 0 Å². The first-order valence-electron chi connectivity index (χ1n) is 8.90. The molecule has 0 fully saturated rings. The van der Waals surface area contributed by atoms with Gasteiger partial charge >= 0.3 is 0 Å². The van der Waals surface area contributed by atoms with Crippen molar-refractivity contribution >= 4 is 34.5 Å². The number of carbonyl (C=O) groups is 1. The van der Waals surface area contributed by atoms with E-state index in [9.17, 15) is 14.9 Å². The van der Waals surface area contributed by atoms with Crippen LogP contribution in [0.3, 0.4) is 0 Å². The first kappa shape index (κ1) is 19.8. The van der Waals surface area contributed by atoms with Crippen molar-refractivity contribution in [3.63, 3.8) is 0 Å². The number of nitrogens with zero attached hydrogens (tertiary/aromatic N) is 3. The molecule has 9 heteroatoms. The smallest absolute Gasteiger partial charge is 0.272 e. The van der Waals surface area contributed by atoms with Crippen LogP contribution in [0.2, 0.25) is 5.02 Å². The summed E-state index contributed by atoms with van der Waals surface area (Å²) in [4.78, 5) is 23.4. The van der Waals surface area contributed by atoms with Crippen molar-refractivity contribution in [2.45, 2.75) is 6.04 Å². The minimum Gasteiger partial charge on any atom is -0.340 e. The number of thiophene rings is 1. The fraction of sp³-hybridized carbons (Fsp3) is 0.0476. The molecule has 2 heterocycles. The summed E-state index contributed by atoms with van der Waals surface area (Å²) < 4.78 is 1.43. The number of carbonyl (C=O) groups excluding carboxylic acids is 1. The van der Waals surface area contributed by atoms with E-state index in [-0.39, 0.29) is 23.3 Å². The molecule has 0 radical (unpaired) electrons. The lowest BCUT2D eigenvalue weighted by Crippen LogP contribution is -2.29. The second-order valence-corrected chi connectivity index (χ2v) is 7.65. The number of nitrogens with one attached hydrogen (secondary N) is 1. The minimum absolute atomic E-state index is 0.0470. The van der Waals surface area contributed by atoms with Crippen LogP contribution in [0.4, 0.5) is 5.69 Å². The van der Waals surface area contributed by atoms with Crippen LogP contribution in [0.15, 0.2) is 77.6 Å². The van der Waals surface area contributed by atoms with Crippen LogP contribution in [0.5, 0.6) is 0 Å². The quantitative estimate of drug-likeness (QED) is 0.338. The molecule has 0 aliphatic rings. The predicted octanol–water partition coefficient (Wildman–Crippen LogP) is 5.01. The Bertz CT molecular complexity index is 1190. The Kier molecular flexibility index (Phi) is 5.60. The monoisotopic (exact) mass is 438 g/mol. The van der Waals surface area contributed by atoms with Gasteiger partial charge in [-0.05, 0) is 52.2 Å². The van der Waals surface area contributed by atoms with E-state index < -0.39 is 4.92 Å². The molecule has 0 saturated heterocycles. The molecule has 7 nitrogen and oxygen atoms in total. The van der Waals surface area contributed by atoms with Gasteiger partial charge in [0.15, 0.2) is 5.69 Å². The fourth-order valence-electron chi connectivity index (χ4n) is 3.00. The van der Waals surface area contributed by atoms with E-state index in [2.05, 4.69) is 10.4 Å². The van der Waals surface area contributed by atoms with E-state index >= 15 is 0 Å². The fourth-order valence-corrected chi connectivity index (χ4v) is 3.81. The highest BCUT2D eigenvalue weighted by Crippen LogP contribution is 2.26. The molecule has 4 rings (SSSR count). The van der Waals surface area contributed by atoms with Gasteiger partial charge in [0.1, 0.15) is 0 Å². The third kappa shape index (κ3) is 4.24. The number of hydrogen-bond acceptors (Lipinski definition) is 5. The molecule has 0 aliphatic heterocycles. The van der Waals surface area contributed by atoms with Gasteiger partial charge in [-0.1, -0.05) is 29.8 Å². The lowest BCUT2D eigenvalue weighted by Gasteiger charge is -2.18. The Morgan fingerprint density at radius 3 is 2.63 bits per heavy atom. The van der Waals surface area contributed by atoms with Gasteiger partial charge in [0.25, 0.3) is 11.6 Å². The maximum atomic E-state index is 12.9. The second kappa shape index (κ2) is 8.48. The third-order valence-electron chi connectivity index (χ3n) is 4.48. The van der Waals surface area contributed by atoms with Crippen molar-refractivity contribution in [1.29, 1.82) is 0 Å². The highest BCUT2D eigenvalue weighted by atomic mass is 35.5. The first-order valence-corrected chi connectivity index (χ1v) is 10.2. The summed E-state index contributed by atoms with van der Waals surface area (Å²) in [7, 11) is 0. The van der Waals surface area contributed by atoms with Gasteiger partial charge in [-0.3, -0.25) is 14.9 Å². The summed E-state index contributed by atoms with van der Waals surface area (Å²) in [6, 6.07) is 16.5.